The molecule has 1 heterocycles. The number of nitrogen functional groups attached to an aromatic ring is 1. The lowest BCUT2D eigenvalue weighted by molar-refractivity contribution is 0.583. The van der Waals surface area contributed by atoms with Crippen LogP contribution in [0.5, 0.6) is 0 Å². The van der Waals surface area contributed by atoms with Crippen molar-refractivity contribution >= 4 is 5.95 Å². The molecule has 2 rings (SSSR count). The Labute approximate surface area is 72.6 Å². The van der Waals surface area contributed by atoms with Crippen LogP contribution in [0.3, 0.4) is 0 Å². The monoisotopic (exact) mass is 165 g/mol. The number of nitrogens with two attached hydrogens (primary N) is 1. The van der Waals surface area contributed by atoms with Crippen LogP contribution in [-0.2, 0) is 0 Å². The molecule has 1 saturated carbocycles. The second-order valence-electron chi connectivity index (χ2n) is 3.78. The van der Waals surface area contributed by atoms with Crippen LogP contribution in [-0.4, -0.2) is 9.55 Å². The molecule has 1 fully saturated rings. The van der Waals surface area contributed by atoms with Gasteiger partial charge in [-0.25, -0.2) is 4.98 Å². The number of nitrogens with zero attached hydrogens (tertiary/aromatic N) is 2. The van der Waals surface area contributed by atoms with Crippen LogP contribution in [0.1, 0.15) is 44.3 Å². The summed E-state index contributed by atoms with van der Waals surface area (Å²) in [5.41, 5.74) is 7.08. The third-order valence-corrected chi connectivity index (χ3v) is 2.37. The average molecular weight is 165 g/mol. The minimum absolute atomic E-state index is 0.433. The van der Waals surface area contributed by atoms with Crippen LogP contribution in [0.25, 0.3) is 0 Å². The van der Waals surface area contributed by atoms with Crippen LogP contribution in [0, 0.1) is 0 Å². The number of aromatic nitrogens is 2. The summed E-state index contributed by atoms with van der Waals surface area (Å²) >= 11 is 0. The zero-order valence-corrected chi connectivity index (χ0v) is 7.62. The van der Waals surface area contributed by atoms with Crippen LogP contribution in [0.4, 0.5) is 5.95 Å². The molecule has 0 bridgehead atoms. The standard InChI is InChI=1S/C9H15N3/c1-6(2)12-8(7-3-4-7)5-11-9(12)10/h5-7H,3-4H2,1-2H3,(H2,10,11). The Hall–Kier alpha value is -0.990. The van der Waals surface area contributed by atoms with Crippen molar-refractivity contribution in [1.29, 1.82) is 0 Å². The lowest BCUT2D eigenvalue weighted by Gasteiger charge is -2.12. The van der Waals surface area contributed by atoms with Gasteiger partial charge in [-0.05, 0) is 26.7 Å². The van der Waals surface area contributed by atoms with Crippen molar-refractivity contribution in [3.8, 4) is 0 Å². The third-order valence-electron chi connectivity index (χ3n) is 2.37. The Morgan fingerprint density at radius 2 is 2.25 bits per heavy atom. The second kappa shape index (κ2) is 2.51. The first kappa shape index (κ1) is 7.65. The molecule has 0 amide bonds. The summed E-state index contributed by atoms with van der Waals surface area (Å²) in [5.74, 6) is 1.39. The SMILES string of the molecule is CC(C)n1c(C2CC2)cnc1N. The number of anilines is 1. The Kier molecular flexibility index (Phi) is 1.60. The van der Waals surface area contributed by atoms with E-state index in [-0.39, 0.29) is 0 Å². The highest BCUT2D eigenvalue weighted by molar-refractivity contribution is 5.27. The normalized spacial score (nSPS) is 17.2. The molecule has 1 aliphatic carbocycles. The lowest BCUT2D eigenvalue weighted by Crippen LogP contribution is -2.08. The van der Waals surface area contributed by atoms with E-state index in [0.29, 0.717) is 12.0 Å². The van der Waals surface area contributed by atoms with E-state index >= 15 is 0 Å². The van der Waals surface area contributed by atoms with Gasteiger partial charge in [-0.1, -0.05) is 0 Å². The molecule has 2 N–H and O–H groups in total. The first-order chi connectivity index (χ1) is 5.70. The second-order valence-corrected chi connectivity index (χ2v) is 3.78. The predicted octanol–water partition coefficient (Wildman–Crippen LogP) is 1.92. The topological polar surface area (TPSA) is 43.8 Å². The smallest absolute Gasteiger partial charge is 0.200 e. The van der Waals surface area contributed by atoms with Gasteiger partial charge in [0, 0.05) is 17.7 Å². The van der Waals surface area contributed by atoms with Gasteiger partial charge in [-0.2, -0.15) is 0 Å². The number of rotatable bonds is 2. The van der Waals surface area contributed by atoms with Crippen molar-refractivity contribution in [1.82, 2.24) is 9.55 Å². The van der Waals surface area contributed by atoms with E-state index in [4.69, 9.17) is 5.73 Å². The summed E-state index contributed by atoms with van der Waals surface area (Å²) in [6.45, 7) is 4.29. The van der Waals surface area contributed by atoms with Gasteiger partial charge in [0.15, 0.2) is 0 Å². The molecular weight excluding hydrogens is 150 g/mol. The third kappa shape index (κ3) is 1.09. The molecule has 0 aliphatic heterocycles. The Bertz CT molecular complexity index is 284. The number of hydrogen-bond donors (Lipinski definition) is 1. The van der Waals surface area contributed by atoms with Gasteiger partial charge in [0.25, 0.3) is 0 Å². The molecular formula is C9H15N3. The van der Waals surface area contributed by atoms with Gasteiger partial charge in [-0.15, -0.1) is 0 Å². The fourth-order valence-electron chi connectivity index (χ4n) is 1.63. The summed E-state index contributed by atoms with van der Waals surface area (Å²) in [5, 5.41) is 0. The molecule has 1 aliphatic rings. The minimum Gasteiger partial charge on any atom is -0.369 e. The van der Waals surface area contributed by atoms with E-state index in [9.17, 15) is 0 Å². The van der Waals surface area contributed by atoms with Gasteiger partial charge in [0.05, 0.1) is 6.20 Å². The molecule has 0 radical (unpaired) electrons. The molecule has 3 heteroatoms. The van der Waals surface area contributed by atoms with Crippen molar-refractivity contribution < 1.29 is 0 Å². The number of imidazole rings is 1. The van der Waals surface area contributed by atoms with E-state index < -0.39 is 0 Å². The summed E-state index contributed by atoms with van der Waals surface area (Å²) in [6.07, 6.45) is 4.53. The predicted molar refractivity (Wildman–Crippen MR) is 49.0 cm³/mol. The quantitative estimate of drug-likeness (QED) is 0.727. The first-order valence-corrected chi connectivity index (χ1v) is 4.52. The van der Waals surface area contributed by atoms with Crippen molar-refractivity contribution in [3.63, 3.8) is 0 Å². The lowest BCUT2D eigenvalue weighted by atomic mass is 10.3. The summed E-state index contributed by atoms with van der Waals surface area (Å²) in [6, 6.07) is 0.433. The molecule has 12 heavy (non-hydrogen) atoms. The highest BCUT2D eigenvalue weighted by atomic mass is 15.2. The van der Waals surface area contributed by atoms with Crippen LogP contribution >= 0.6 is 0 Å². The van der Waals surface area contributed by atoms with Crippen LogP contribution in [0.2, 0.25) is 0 Å². The fraction of sp³-hybridized carbons (Fsp3) is 0.667. The molecule has 66 valence electrons. The van der Waals surface area contributed by atoms with Gasteiger partial charge in [-0.3, -0.25) is 0 Å². The van der Waals surface area contributed by atoms with Crippen molar-refractivity contribution in [2.24, 2.45) is 0 Å². The number of hydrogen-bond acceptors (Lipinski definition) is 2. The molecule has 0 atom stereocenters. The summed E-state index contributed by atoms with van der Waals surface area (Å²) in [7, 11) is 0. The largest absolute Gasteiger partial charge is 0.369 e. The highest BCUT2D eigenvalue weighted by Crippen LogP contribution is 2.41. The Morgan fingerprint density at radius 1 is 1.58 bits per heavy atom. The minimum atomic E-state index is 0.433. The average Bonchev–Trinajstić information content (AvgIpc) is 2.75. The van der Waals surface area contributed by atoms with Gasteiger partial charge >= 0.3 is 0 Å². The van der Waals surface area contributed by atoms with Gasteiger partial charge in [0.2, 0.25) is 5.95 Å². The molecule has 3 nitrogen and oxygen atoms in total. The zero-order valence-electron chi connectivity index (χ0n) is 7.62. The molecule has 0 saturated heterocycles. The van der Waals surface area contributed by atoms with Crippen LogP contribution < -0.4 is 5.73 Å². The fourth-order valence-corrected chi connectivity index (χ4v) is 1.63. The summed E-state index contributed by atoms with van der Waals surface area (Å²) < 4.78 is 2.14. The maximum absolute atomic E-state index is 5.76. The van der Waals surface area contributed by atoms with E-state index in [0.717, 1.165) is 5.92 Å². The maximum Gasteiger partial charge on any atom is 0.200 e. The van der Waals surface area contributed by atoms with E-state index in [1.807, 2.05) is 6.20 Å². The molecule has 1 aromatic rings. The van der Waals surface area contributed by atoms with E-state index in [1.165, 1.54) is 18.5 Å². The van der Waals surface area contributed by atoms with Gasteiger partial charge < -0.3 is 10.3 Å². The van der Waals surface area contributed by atoms with Crippen molar-refractivity contribution in [2.45, 2.75) is 38.6 Å². The van der Waals surface area contributed by atoms with Crippen molar-refractivity contribution in [3.05, 3.63) is 11.9 Å². The first-order valence-electron chi connectivity index (χ1n) is 4.52. The van der Waals surface area contributed by atoms with Crippen LogP contribution in [0.15, 0.2) is 6.20 Å². The van der Waals surface area contributed by atoms with E-state index in [1.54, 1.807) is 0 Å². The Balaban J connectivity index is 2.39. The highest BCUT2D eigenvalue weighted by Gasteiger charge is 2.28. The van der Waals surface area contributed by atoms with Gasteiger partial charge in [0.1, 0.15) is 0 Å². The molecule has 1 aromatic heterocycles. The maximum atomic E-state index is 5.76. The van der Waals surface area contributed by atoms with Crippen molar-refractivity contribution in [2.75, 3.05) is 5.73 Å². The Morgan fingerprint density at radius 3 is 2.75 bits per heavy atom. The summed E-state index contributed by atoms with van der Waals surface area (Å²) in [4.78, 5) is 4.14. The molecule has 0 aromatic carbocycles. The molecule has 0 spiro atoms. The van der Waals surface area contributed by atoms with E-state index in [2.05, 4.69) is 23.4 Å². The zero-order chi connectivity index (χ0) is 8.72. The molecule has 0 unspecified atom stereocenters.